The van der Waals surface area contributed by atoms with Gasteiger partial charge in [0.1, 0.15) is 0 Å². The summed E-state index contributed by atoms with van der Waals surface area (Å²) in [5.41, 5.74) is 2.31. The zero-order valence-corrected chi connectivity index (χ0v) is 19.6. The van der Waals surface area contributed by atoms with Gasteiger partial charge in [0.2, 0.25) is 0 Å². The SMILES string of the molecule is CC1(C)C[C@H]2C[C@](C)(CN2C(=O)COC(=O)c2cc(-c3cccs3)nc3ccccc23)C1. The third-order valence-electron chi connectivity index (χ3n) is 6.77. The first-order chi connectivity index (χ1) is 15.2. The number of esters is 1. The number of rotatable bonds is 4. The van der Waals surface area contributed by atoms with Gasteiger partial charge in [0, 0.05) is 18.0 Å². The number of ether oxygens (including phenoxy) is 1. The van der Waals surface area contributed by atoms with Crippen LogP contribution in [0.15, 0.2) is 47.8 Å². The molecule has 0 N–H and O–H groups in total. The first-order valence-corrected chi connectivity index (χ1v) is 12.0. The summed E-state index contributed by atoms with van der Waals surface area (Å²) in [6.07, 6.45) is 3.16. The lowest BCUT2D eigenvalue weighted by Gasteiger charge is -2.39. The van der Waals surface area contributed by atoms with Gasteiger partial charge in [-0.2, -0.15) is 0 Å². The molecule has 5 rings (SSSR count). The van der Waals surface area contributed by atoms with Crippen LogP contribution in [0.1, 0.15) is 50.4 Å². The van der Waals surface area contributed by atoms with Crippen molar-refractivity contribution in [3.8, 4) is 10.6 Å². The van der Waals surface area contributed by atoms with Crippen LogP contribution in [0.3, 0.4) is 0 Å². The monoisotopic (exact) mass is 448 g/mol. The summed E-state index contributed by atoms with van der Waals surface area (Å²) in [5.74, 6) is -0.579. The number of likely N-dealkylation sites (tertiary alicyclic amines) is 1. The second-order valence-corrected chi connectivity index (χ2v) is 11.3. The summed E-state index contributed by atoms with van der Waals surface area (Å²) < 4.78 is 5.56. The third kappa shape index (κ3) is 3.92. The van der Waals surface area contributed by atoms with E-state index in [0.29, 0.717) is 5.56 Å². The number of benzene rings is 1. The van der Waals surface area contributed by atoms with Crippen molar-refractivity contribution < 1.29 is 14.3 Å². The van der Waals surface area contributed by atoms with E-state index in [9.17, 15) is 9.59 Å². The number of para-hydroxylation sites is 1. The Morgan fingerprint density at radius 2 is 1.97 bits per heavy atom. The molecule has 0 spiro atoms. The highest BCUT2D eigenvalue weighted by Gasteiger charge is 2.50. The molecular weight excluding hydrogens is 420 g/mol. The number of thiophene rings is 1. The number of pyridine rings is 1. The summed E-state index contributed by atoms with van der Waals surface area (Å²) in [5, 5.41) is 2.72. The van der Waals surface area contributed by atoms with Crippen LogP contribution in [0.25, 0.3) is 21.5 Å². The Morgan fingerprint density at radius 1 is 1.16 bits per heavy atom. The Labute approximate surface area is 192 Å². The number of hydrogen-bond acceptors (Lipinski definition) is 5. The molecule has 1 aliphatic carbocycles. The zero-order chi connectivity index (χ0) is 22.5. The highest BCUT2D eigenvalue weighted by atomic mass is 32.1. The molecule has 5 nitrogen and oxygen atoms in total. The maximum atomic E-state index is 13.1. The minimum atomic E-state index is -0.483. The van der Waals surface area contributed by atoms with Crippen molar-refractivity contribution in [3.05, 3.63) is 53.4 Å². The Morgan fingerprint density at radius 3 is 2.75 bits per heavy atom. The molecule has 0 unspecified atom stereocenters. The van der Waals surface area contributed by atoms with Gasteiger partial charge in [-0.1, -0.05) is 45.0 Å². The molecule has 6 heteroatoms. The van der Waals surface area contributed by atoms with Crippen LogP contribution < -0.4 is 0 Å². The fourth-order valence-corrected chi connectivity index (χ4v) is 6.62. The van der Waals surface area contributed by atoms with Crippen molar-refractivity contribution in [2.24, 2.45) is 10.8 Å². The Hall–Kier alpha value is -2.73. The fourth-order valence-electron chi connectivity index (χ4n) is 5.93. The first kappa shape index (κ1) is 21.1. The molecule has 2 aliphatic rings. The molecule has 1 aromatic carbocycles. The van der Waals surface area contributed by atoms with E-state index in [1.165, 1.54) is 0 Å². The summed E-state index contributed by atoms with van der Waals surface area (Å²) in [7, 11) is 0. The van der Waals surface area contributed by atoms with Gasteiger partial charge >= 0.3 is 5.97 Å². The highest BCUT2D eigenvalue weighted by molar-refractivity contribution is 7.13. The molecule has 2 fully saturated rings. The predicted octanol–water partition coefficient (Wildman–Crippen LogP) is 5.55. The number of aromatic nitrogens is 1. The van der Waals surface area contributed by atoms with E-state index < -0.39 is 5.97 Å². The van der Waals surface area contributed by atoms with Crippen molar-refractivity contribution >= 4 is 34.1 Å². The van der Waals surface area contributed by atoms with Crippen molar-refractivity contribution in [2.75, 3.05) is 13.2 Å². The molecule has 1 saturated heterocycles. The van der Waals surface area contributed by atoms with Crippen molar-refractivity contribution in [1.82, 2.24) is 9.88 Å². The Kier molecular flexibility index (Phi) is 5.08. The Bertz CT molecular complexity index is 1190. The van der Waals surface area contributed by atoms with Gasteiger partial charge in [0.05, 0.1) is 21.7 Å². The van der Waals surface area contributed by atoms with E-state index in [0.717, 1.165) is 47.3 Å². The molecule has 2 aromatic heterocycles. The minimum Gasteiger partial charge on any atom is -0.452 e. The molecule has 0 radical (unpaired) electrons. The van der Waals surface area contributed by atoms with Crippen molar-refractivity contribution in [2.45, 2.75) is 46.1 Å². The smallest absolute Gasteiger partial charge is 0.339 e. The van der Waals surface area contributed by atoms with Gasteiger partial charge in [-0.3, -0.25) is 4.79 Å². The molecule has 1 saturated carbocycles. The molecular formula is C26H28N2O3S. The standard InChI is InChI=1S/C26H28N2O3S/c1-25(2)12-17-13-26(3,15-25)16-28(17)23(29)14-31-24(30)19-11-21(22-9-6-10-32-22)27-20-8-5-4-7-18(19)20/h4-11,17H,12-16H2,1-3H3/t17-,26-/m0/s1. The number of nitrogens with zero attached hydrogens (tertiary/aromatic N) is 2. The quantitative estimate of drug-likeness (QED) is 0.491. The van der Waals surface area contributed by atoms with E-state index in [2.05, 4.69) is 20.8 Å². The highest BCUT2D eigenvalue weighted by Crippen LogP contribution is 2.52. The van der Waals surface area contributed by atoms with Crippen LogP contribution in [-0.2, 0) is 9.53 Å². The summed E-state index contributed by atoms with van der Waals surface area (Å²) >= 11 is 1.57. The molecule has 3 heterocycles. The average molecular weight is 449 g/mol. The maximum absolute atomic E-state index is 13.1. The van der Waals surface area contributed by atoms with E-state index >= 15 is 0 Å². The van der Waals surface area contributed by atoms with E-state index in [1.807, 2.05) is 46.7 Å². The van der Waals surface area contributed by atoms with Gasteiger partial charge < -0.3 is 9.64 Å². The van der Waals surface area contributed by atoms with Crippen LogP contribution in [0, 0.1) is 10.8 Å². The fraction of sp³-hybridized carbons (Fsp3) is 0.423. The van der Waals surface area contributed by atoms with Crippen LogP contribution in [0.5, 0.6) is 0 Å². The van der Waals surface area contributed by atoms with Crippen LogP contribution in [0.2, 0.25) is 0 Å². The van der Waals surface area contributed by atoms with Crippen LogP contribution >= 0.6 is 11.3 Å². The second-order valence-electron chi connectivity index (χ2n) is 10.4. The molecule has 166 valence electrons. The molecule has 1 amide bonds. The average Bonchev–Trinajstić information content (AvgIpc) is 3.36. The third-order valence-corrected chi connectivity index (χ3v) is 7.66. The zero-order valence-electron chi connectivity index (χ0n) is 18.8. The number of hydrogen-bond donors (Lipinski definition) is 0. The molecule has 32 heavy (non-hydrogen) atoms. The van der Waals surface area contributed by atoms with Gasteiger partial charge in [-0.05, 0) is 53.7 Å². The van der Waals surface area contributed by atoms with Crippen molar-refractivity contribution in [1.29, 1.82) is 0 Å². The minimum absolute atomic E-state index is 0.0957. The van der Waals surface area contributed by atoms with Gasteiger partial charge in [0.25, 0.3) is 5.91 Å². The first-order valence-electron chi connectivity index (χ1n) is 11.1. The molecule has 3 aromatic rings. The van der Waals surface area contributed by atoms with Gasteiger partial charge in [0.15, 0.2) is 6.61 Å². The normalized spacial score (nSPS) is 24.0. The second kappa shape index (κ2) is 7.69. The van der Waals surface area contributed by atoms with Crippen LogP contribution in [-0.4, -0.2) is 41.0 Å². The predicted molar refractivity (Wildman–Crippen MR) is 127 cm³/mol. The van der Waals surface area contributed by atoms with Gasteiger partial charge in [-0.15, -0.1) is 11.3 Å². The van der Waals surface area contributed by atoms with Crippen LogP contribution in [0.4, 0.5) is 0 Å². The van der Waals surface area contributed by atoms with E-state index in [-0.39, 0.29) is 29.4 Å². The maximum Gasteiger partial charge on any atom is 0.339 e. The number of amides is 1. The summed E-state index contributed by atoms with van der Waals surface area (Å²) in [6, 6.07) is 13.5. The number of carbonyl (C=O) groups is 2. The van der Waals surface area contributed by atoms with E-state index in [1.54, 1.807) is 17.4 Å². The van der Waals surface area contributed by atoms with Gasteiger partial charge in [-0.25, -0.2) is 9.78 Å². The number of carbonyl (C=O) groups excluding carboxylic acids is 2. The van der Waals surface area contributed by atoms with Crippen molar-refractivity contribution in [3.63, 3.8) is 0 Å². The lowest BCUT2D eigenvalue weighted by atomic mass is 9.65. The number of fused-ring (bicyclic) bond motifs is 3. The summed E-state index contributed by atoms with van der Waals surface area (Å²) in [4.78, 5) is 33.7. The molecule has 1 aliphatic heterocycles. The topological polar surface area (TPSA) is 59.5 Å². The largest absolute Gasteiger partial charge is 0.452 e. The Balaban J connectivity index is 1.35. The summed E-state index contributed by atoms with van der Waals surface area (Å²) in [6.45, 7) is 7.36. The molecule has 2 atom stereocenters. The molecule has 2 bridgehead atoms. The lowest BCUT2D eigenvalue weighted by molar-refractivity contribution is -0.135. The van der Waals surface area contributed by atoms with E-state index in [4.69, 9.17) is 9.72 Å². The lowest BCUT2D eigenvalue weighted by Crippen LogP contribution is -2.39.